The Bertz CT molecular complexity index is 765. The number of halogens is 2. The van der Waals surface area contributed by atoms with Crippen LogP contribution < -0.4 is 4.74 Å². The summed E-state index contributed by atoms with van der Waals surface area (Å²) in [5, 5.41) is 12.6. The fourth-order valence-electron chi connectivity index (χ4n) is 2.20. The van der Waals surface area contributed by atoms with Gasteiger partial charge in [-0.05, 0) is 23.6 Å². The lowest BCUT2D eigenvalue weighted by atomic mass is 10.1. The fourth-order valence-corrected chi connectivity index (χ4v) is 3.78. The summed E-state index contributed by atoms with van der Waals surface area (Å²) in [7, 11) is 1.53. The van der Waals surface area contributed by atoms with Gasteiger partial charge in [-0.15, -0.1) is 11.3 Å². The predicted octanol–water partition coefficient (Wildman–Crippen LogP) is 5.30. The Hall–Kier alpha value is -1.26. The second-order valence-corrected chi connectivity index (χ2v) is 6.53. The standard InChI is InChI=1S/C16H12Cl2O2S/c1-20-13-8-11(17)10(7-12(13)18)16(19)15-6-9-4-2-3-5-14(9)21-15/h2-8,16,19H,1H3. The maximum atomic E-state index is 10.6. The van der Waals surface area contributed by atoms with Crippen LogP contribution in [0.2, 0.25) is 10.0 Å². The number of aliphatic hydroxyl groups is 1. The van der Waals surface area contributed by atoms with Crippen molar-refractivity contribution in [2.45, 2.75) is 6.10 Å². The van der Waals surface area contributed by atoms with Gasteiger partial charge >= 0.3 is 0 Å². The summed E-state index contributed by atoms with van der Waals surface area (Å²) in [5.41, 5.74) is 0.578. The van der Waals surface area contributed by atoms with E-state index in [0.29, 0.717) is 21.4 Å². The molecule has 0 spiro atoms. The summed E-state index contributed by atoms with van der Waals surface area (Å²) in [6.07, 6.45) is -0.807. The van der Waals surface area contributed by atoms with Gasteiger partial charge in [-0.25, -0.2) is 0 Å². The quantitative estimate of drug-likeness (QED) is 0.702. The molecule has 1 N–H and O–H groups in total. The van der Waals surface area contributed by atoms with Gasteiger partial charge in [0, 0.05) is 21.2 Å². The van der Waals surface area contributed by atoms with Crippen molar-refractivity contribution < 1.29 is 9.84 Å². The van der Waals surface area contributed by atoms with Crippen LogP contribution >= 0.6 is 34.5 Å². The first-order chi connectivity index (χ1) is 10.1. The monoisotopic (exact) mass is 338 g/mol. The van der Waals surface area contributed by atoms with Crippen LogP contribution in [-0.2, 0) is 0 Å². The molecule has 1 heterocycles. The first kappa shape index (κ1) is 14.7. The molecule has 0 amide bonds. The van der Waals surface area contributed by atoms with E-state index in [1.165, 1.54) is 7.11 Å². The van der Waals surface area contributed by atoms with Gasteiger partial charge in [0.2, 0.25) is 0 Å². The number of hydrogen-bond acceptors (Lipinski definition) is 3. The summed E-state index contributed by atoms with van der Waals surface area (Å²) < 4.78 is 6.25. The van der Waals surface area contributed by atoms with Gasteiger partial charge in [-0.1, -0.05) is 41.4 Å². The molecule has 0 aliphatic heterocycles. The molecule has 0 saturated heterocycles. The lowest BCUT2D eigenvalue weighted by Gasteiger charge is -2.13. The van der Waals surface area contributed by atoms with E-state index in [9.17, 15) is 5.11 Å². The molecule has 21 heavy (non-hydrogen) atoms. The van der Waals surface area contributed by atoms with Gasteiger partial charge in [-0.3, -0.25) is 0 Å². The van der Waals surface area contributed by atoms with Gasteiger partial charge in [0.05, 0.1) is 17.2 Å². The number of rotatable bonds is 3. The van der Waals surface area contributed by atoms with Crippen molar-refractivity contribution in [1.29, 1.82) is 0 Å². The van der Waals surface area contributed by atoms with E-state index in [2.05, 4.69) is 0 Å². The van der Waals surface area contributed by atoms with E-state index < -0.39 is 6.10 Å². The number of hydrogen-bond donors (Lipinski definition) is 1. The van der Waals surface area contributed by atoms with Gasteiger partial charge in [0.15, 0.2) is 0 Å². The molecule has 0 aliphatic rings. The van der Waals surface area contributed by atoms with Crippen molar-refractivity contribution in [3.8, 4) is 5.75 Å². The summed E-state index contributed by atoms with van der Waals surface area (Å²) in [4.78, 5) is 0.833. The molecule has 1 unspecified atom stereocenters. The number of ether oxygens (including phenoxy) is 1. The Balaban J connectivity index is 2.05. The third-order valence-electron chi connectivity index (χ3n) is 3.28. The highest BCUT2D eigenvalue weighted by Gasteiger charge is 2.19. The minimum absolute atomic E-state index is 0.428. The highest BCUT2D eigenvalue weighted by atomic mass is 35.5. The summed E-state index contributed by atoms with van der Waals surface area (Å²) >= 11 is 13.9. The van der Waals surface area contributed by atoms with E-state index >= 15 is 0 Å². The molecule has 0 aliphatic carbocycles. The average molecular weight is 339 g/mol. The Labute approximate surface area is 136 Å². The zero-order chi connectivity index (χ0) is 15.0. The minimum Gasteiger partial charge on any atom is -0.495 e. The SMILES string of the molecule is COc1cc(Cl)c(C(O)c2cc3ccccc3s2)cc1Cl. The van der Waals surface area contributed by atoms with Crippen molar-refractivity contribution in [1.82, 2.24) is 0 Å². The molecule has 1 atom stereocenters. The molecule has 0 radical (unpaired) electrons. The minimum atomic E-state index is -0.807. The first-order valence-corrected chi connectivity index (χ1v) is 7.87. The zero-order valence-corrected chi connectivity index (χ0v) is 13.5. The van der Waals surface area contributed by atoms with Gasteiger partial charge in [0.1, 0.15) is 11.9 Å². The topological polar surface area (TPSA) is 29.5 Å². The molecule has 108 valence electrons. The molecule has 0 fully saturated rings. The highest BCUT2D eigenvalue weighted by molar-refractivity contribution is 7.19. The molecule has 2 aromatic carbocycles. The number of thiophene rings is 1. The zero-order valence-electron chi connectivity index (χ0n) is 11.1. The van der Waals surface area contributed by atoms with Crippen molar-refractivity contribution in [3.05, 3.63) is 63.0 Å². The normalized spacial score (nSPS) is 12.6. The highest BCUT2D eigenvalue weighted by Crippen LogP contribution is 2.39. The summed E-state index contributed by atoms with van der Waals surface area (Å²) in [6, 6.07) is 13.2. The van der Waals surface area contributed by atoms with Crippen molar-refractivity contribution in [3.63, 3.8) is 0 Å². The molecular formula is C16H12Cl2O2S. The summed E-state index contributed by atoms with van der Waals surface area (Å²) in [6.45, 7) is 0. The number of aliphatic hydroxyl groups excluding tert-OH is 1. The van der Waals surface area contributed by atoms with Crippen LogP contribution in [0.4, 0.5) is 0 Å². The number of benzene rings is 2. The Morgan fingerprint density at radius 3 is 2.57 bits per heavy atom. The van der Waals surface area contributed by atoms with Crippen molar-refractivity contribution in [2.75, 3.05) is 7.11 Å². The average Bonchev–Trinajstić information content (AvgIpc) is 2.92. The molecule has 3 rings (SSSR count). The molecule has 1 aromatic heterocycles. The van der Waals surface area contributed by atoms with Crippen LogP contribution in [0.5, 0.6) is 5.75 Å². The fraction of sp³-hybridized carbons (Fsp3) is 0.125. The van der Waals surface area contributed by atoms with Gasteiger partial charge in [0.25, 0.3) is 0 Å². The predicted molar refractivity (Wildman–Crippen MR) is 88.9 cm³/mol. The Kier molecular flexibility index (Phi) is 4.09. The first-order valence-electron chi connectivity index (χ1n) is 6.29. The summed E-state index contributed by atoms with van der Waals surface area (Å²) in [5.74, 6) is 0.494. The lowest BCUT2D eigenvalue weighted by molar-refractivity contribution is 0.224. The second kappa shape index (κ2) is 5.85. The molecule has 5 heteroatoms. The van der Waals surface area contributed by atoms with E-state index in [1.54, 1.807) is 23.5 Å². The van der Waals surface area contributed by atoms with Crippen LogP contribution in [-0.4, -0.2) is 12.2 Å². The van der Waals surface area contributed by atoms with Crippen molar-refractivity contribution in [2.24, 2.45) is 0 Å². The van der Waals surface area contributed by atoms with Crippen LogP contribution in [0.15, 0.2) is 42.5 Å². The van der Waals surface area contributed by atoms with Gasteiger partial charge in [-0.2, -0.15) is 0 Å². The van der Waals surface area contributed by atoms with Crippen LogP contribution in [0.3, 0.4) is 0 Å². The maximum absolute atomic E-state index is 10.6. The Morgan fingerprint density at radius 2 is 1.86 bits per heavy atom. The third kappa shape index (κ3) is 2.74. The second-order valence-electron chi connectivity index (χ2n) is 4.60. The largest absolute Gasteiger partial charge is 0.495 e. The maximum Gasteiger partial charge on any atom is 0.138 e. The number of fused-ring (bicyclic) bond motifs is 1. The van der Waals surface area contributed by atoms with E-state index in [0.717, 1.165) is 15.0 Å². The smallest absolute Gasteiger partial charge is 0.138 e. The molecule has 2 nitrogen and oxygen atoms in total. The number of methoxy groups -OCH3 is 1. The van der Waals surface area contributed by atoms with Crippen LogP contribution in [0, 0.1) is 0 Å². The van der Waals surface area contributed by atoms with Crippen LogP contribution in [0.25, 0.3) is 10.1 Å². The van der Waals surface area contributed by atoms with Gasteiger partial charge < -0.3 is 9.84 Å². The lowest BCUT2D eigenvalue weighted by Crippen LogP contribution is -1.99. The molecular weight excluding hydrogens is 327 g/mol. The van der Waals surface area contributed by atoms with Crippen LogP contribution in [0.1, 0.15) is 16.5 Å². The third-order valence-corrected chi connectivity index (χ3v) is 5.07. The van der Waals surface area contributed by atoms with E-state index in [-0.39, 0.29) is 0 Å². The van der Waals surface area contributed by atoms with Crippen molar-refractivity contribution >= 4 is 44.6 Å². The molecule has 0 bridgehead atoms. The molecule has 3 aromatic rings. The molecule has 0 saturated carbocycles. The van der Waals surface area contributed by atoms with E-state index in [4.69, 9.17) is 27.9 Å². The van der Waals surface area contributed by atoms with E-state index in [1.807, 2.05) is 30.3 Å². The Morgan fingerprint density at radius 1 is 1.10 bits per heavy atom.